The van der Waals surface area contributed by atoms with Gasteiger partial charge < -0.3 is 19.3 Å². The van der Waals surface area contributed by atoms with E-state index >= 15 is 0 Å². The zero-order valence-corrected chi connectivity index (χ0v) is 6.81. The number of carbonyl (C=O) groups is 1. The highest BCUT2D eigenvalue weighted by Crippen LogP contribution is 2.34. The summed E-state index contributed by atoms with van der Waals surface area (Å²) < 4.78 is 14.9. The van der Waals surface area contributed by atoms with Crippen molar-refractivity contribution in [3.05, 3.63) is 0 Å². The molecule has 2 saturated heterocycles. The second-order valence-electron chi connectivity index (χ2n) is 3.35. The fraction of sp³-hybridized carbons (Fsp3) is 0.857. The highest BCUT2D eigenvalue weighted by Gasteiger charge is 2.55. The van der Waals surface area contributed by atoms with Crippen LogP contribution in [0.2, 0.25) is 0 Å². The van der Waals surface area contributed by atoms with Crippen LogP contribution in [0.25, 0.3) is 0 Å². The van der Waals surface area contributed by atoms with Gasteiger partial charge in [-0.2, -0.15) is 0 Å². The van der Waals surface area contributed by atoms with Crippen LogP contribution < -0.4 is 0 Å². The van der Waals surface area contributed by atoms with Gasteiger partial charge in [-0.15, -0.1) is 0 Å². The third-order valence-corrected chi connectivity index (χ3v) is 1.88. The van der Waals surface area contributed by atoms with E-state index in [1.807, 2.05) is 0 Å². The minimum atomic E-state index is -1.19. The van der Waals surface area contributed by atoms with Gasteiger partial charge in [0.15, 0.2) is 18.0 Å². The number of hydrogen-bond donors (Lipinski definition) is 1. The van der Waals surface area contributed by atoms with Crippen LogP contribution in [0.1, 0.15) is 13.8 Å². The Balaban J connectivity index is 2.20. The second kappa shape index (κ2) is 2.18. The predicted octanol–water partition coefficient (Wildman–Crippen LogP) is -0.618. The van der Waals surface area contributed by atoms with Crippen molar-refractivity contribution in [3.63, 3.8) is 0 Å². The molecule has 0 aromatic rings. The Morgan fingerprint density at radius 3 is 2.67 bits per heavy atom. The zero-order valence-electron chi connectivity index (χ0n) is 6.81. The molecule has 0 bridgehead atoms. The Labute approximate surface area is 69.2 Å². The van der Waals surface area contributed by atoms with Gasteiger partial charge in [0.2, 0.25) is 6.29 Å². The lowest BCUT2D eigenvalue weighted by Crippen LogP contribution is -2.29. The molecule has 2 fully saturated rings. The van der Waals surface area contributed by atoms with Gasteiger partial charge in [0.05, 0.1) is 0 Å². The van der Waals surface area contributed by atoms with Gasteiger partial charge in [0.1, 0.15) is 0 Å². The van der Waals surface area contributed by atoms with Crippen LogP contribution in [-0.2, 0) is 19.0 Å². The highest BCUT2D eigenvalue weighted by molar-refractivity contribution is 5.78. The van der Waals surface area contributed by atoms with Crippen LogP contribution in [0.5, 0.6) is 0 Å². The number of rotatable bonds is 0. The molecule has 0 aromatic carbocycles. The molecule has 2 aliphatic rings. The first-order chi connectivity index (χ1) is 5.49. The monoisotopic (exact) mass is 174 g/mol. The first-order valence-corrected chi connectivity index (χ1v) is 3.74. The van der Waals surface area contributed by atoms with Crippen molar-refractivity contribution in [2.24, 2.45) is 0 Å². The van der Waals surface area contributed by atoms with Crippen molar-refractivity contribution in [2.75, 3.05) is 0 Å². The third kappa shape index (κ3) is 1.01. The number of aliphatic hydroxyl groups is 1. The lowest BCUT2D eigenvalue weighted by atomic mass is 10.2. The van der Waals surface area contributed by atoms with Crippen molar-refractivity contribution in [2.45, 2.75) is 38.1 Å². The SMILES string of the molecule is CC1(C)O[C@@H]2[C@@H](O)OC(=O)[C@@H]2O1. The fourth-order valence-corrected chi connectivity index (χ4v) is 1.43. The van der Waals surface area contributed by atoms with E-state index in [1.165, 1.54) is 0 Å². The van der Waals surface area contributed by atoms with Gasteiger partial charge in [0, 0.05) is 0 Å². The standard InChI is InChI=1S/C7H10O5/c1-7(2)11-3-4(12-7)6(9)10-5(3)8/h3-5,8H,1-2H3/t3-,4+,5-/m0/s1. The van der Waals surface area contributed by atoms with Crippen LogP contribution in [0, 0.1) is 0 Å². The minimum Gasteiger partial charge on any atom is -0.431 e. The first-order valence-electron chi connectivity index (χ1n) is 3.74. The molecule has 12 heavy (non-hydrogen) atoms. The van der Waals surface area contributed by atoms with Gasteiger partial charge >= 0.3 is 5.97 Å². The smallest absolute Gasteiger partial charge is 0.340 e. The fourth-order valence-electron chi connectivity index (χ4n) is 1.43. The van der Waals surface area contributed by atoms with Crippen molar-refractivity contribution >= 4 is 5.97 Å². The normalized spacial score (nSPS) is 44.2. The summed E-state index contributed by atoms with van der Waals surface area (Å²) >= 11 is 0. The Morgan fingerprint density at radius 2 is 2.08 bits per heavy atom. The first kappa shape index (κ1) is 7.97. The average Bonchev–Trinajstić information content (AvgIpc) is 2.34. The maximum atomic E-state index is 11.0. The Hall–Kier alpha value is -0.650. The largest absolute Gasteiger partial charge is 0.431 e. The number of cyclic esters (lactones) is 1. The number of ether oxygens (including phenoxy) is 3. The van der Waals surface area contributed by atoms with E-state index in [1.54, 1.807) is 13.8 Å². The summed E-state index contributed by atoms with van der Waals surface area (Å²) in [5, 5.41) is 9.15. The van der Waals surface area contributed by atoms with E-state index in [0.29, 0.717) is 0 Å². The van der Waals surface area contributed by atoms with Crippen LogP contribution in [0.15, 0.2) is 0 Å². The Morgan fingerprint density at radius 1 is 1.42 bits per heavy atom. The molecule has 0 radical (unpaired) electrons. The summed E-state index contributed by atoms with van der Waals surface area (Å²) in [7, 11) is 0. The van der Waals surface area contributed by atoms with E-state index < -0.39 is 30.3 Å². The zero-order chi connectivity index (χ0) is 8.93. The molecule has 0 amide bonds. The predicted molar refractivity (Wildman–Crippen MR) is 35.9 cm³/mol. The second-order valence-corrected chi connectivity index (χ2v) is 3.35. The molecular formula is C7H10O5. The van der Waals surface area contributed by atoms with Gasteiger partial charge in [-0.05, 0) is 13.8 Å². The van der Waals surface area contributed by atoms with Gasteiger partial charge in [0.25, 0.3) is 0 Å². The Bertz CT molecular complexity index is 224. The Kier molecular flexibility index (Phi) is 1.45. The van der Waals surface area contributed by atoms with Crippen molar-refractivity contribution in [1.82, 2.24) is 0 Å². The number of hydrogen-bond acceptors (Lipinski definition) is 5. The third-order valence-electron chi connectivity index (χ3n) is 1.88. The summed E-state index contributed by atoms with van der Waals surface area (Å²) in [6.45, 7) is 3.37. The maximum absolute atomic E-state index is 11.0. The minimum absolute atomic E-state index is 0.557. The van der Waals surface area contributed by atoms with Gasteiger partial charge in [-0.3, -0.25) is 0 Å². The maximum Gasteiger partial charge on any atom is 0.340 e. The number of fused-ring (bicyclic) bond motifs is 1. The summed E-state index contributed by atoms with van der Waals surface area (Å²) in [5.74, 6) is -1.37. The number of carbonyl (C=O) groups excluding carboxylic acids is 1. The molecule has 0 spiro atoms. The molecule has 0 aliphatic carbocycles. The van der Waals surface area contributed by atoms with E-state index in [-0.39, 0.29) is 0 Å². The van der Waals surface area contributed by atoms with E-state index in [2.05, 4.69) is 4.74 Å². The highest BCUT2D eigenvalue weighted by atomic mass is 16.8. The summed E-state index contributed by atoms with van der Waals surface area (Å²) in [6, 6.07) is 0. The van der Waals surface area contributed by atoms with Crippen LogP contribution in [0.4, 0.5) is 0 Å². The molecule has 68 valence electrons. The summed E-state index contributed by atoms with van der Waals surface area (Å²) in [4.78, 5) is 11.0. The van der Waals surface area contributed by atoms with Crippen LogP contribution in [0.3, 0.4) is 0 Å². The molecule has 5 heteroatoms. The van der Waals surface area contributed by atoms with Crippen LogP contribution in [-0.4, -0.2) is 35.4 Å². The molecular weight excluding hydrogens is 164 g/mol. The molecule has 3 atom stereocenters. The number of esters is 1. The molecule has 2 aliphatic heterocycles. The molecule has 0 saturated carbocycles. The average molecular weight is 174 g/mol. The van der Waals surface area contributed by atoms with E-state index in [0.717, 1.165) is 0 Å². The molecule has 2 rings (SSSR count). The topological polar surface area (TPSA) is 65.0 Å². The quantitative estimate of drug-likeness (QED) is 0.496. The molecule has 0 aromatic heterocycles. The molecule has 0 unspecified atom stereocenters. The molecule has 5 nitrogen and oxygen atoms in total. The number of aliphatic hydroxyl groups excluding tert-OH is 1. The van der Waals surface area contributed by atoms with Gasteiger partial charge in [-0.1, -0.05) is 0 Å². The molecule has 2 heterocycles. The van der Waals surface area contributed by atoms with Crippen molar-refractivity contribution in [3.8, 4) is 0 Å². The summed E-state index contributed by atoms with van der Waals surface area (Å²) in [5.41, 5.74) is 0. The van der Waals surface area contributed by atoms with Crippen molar-refractivity contribution in [1.29, 1.82) is 0 Å². The van der Waals surface area contributed by atoms with Gasteiger partial charge in [-0.25, -0.2) is 4.79 Å². The van der Waals surface area contributed by atoms with E-state index in [9.17, 15) is 4.79 Å². The van der Waals surface area contributed by atoms with E-state index in [4.69, 9.17) is 14.6 Å². The van der Waals surface area contributed by atoms with Crippen molar-refractivity contribution < 1.29 is 24.1 Å². The van der Waals surface area contributed by atoms with Crippen LogP contribution >= 0.6 is 0 Å². The summed E-state index contributed by atoms with van der Waals surface area (Å²) in [6.07, 6.45) is -2.63. The lowest BCUT2D eigenvalue weighted by Gasteiger charge is -2.18. The lowest BCUT2D eigenvalue weighted by molar-refractivity contribution is -0.209. The molecule has 1 N–H and O–H groups in total.